The average Bonchev–Trinajstić information content (AvgIpc) is 3.03. The lowest BCUT2D eigenvalue weighted by Gasteiger charge is -2.35. The van der Waals surface area contributed by atoms with Crippen molar-refractivity contribution in [1.82, 2.24) is 14.7 Å². The number of methoxy groups -OCH3 is 1. The monoisotopic (exact) mass is 566 g/mol. The molecule has 0 spiro atoms. The third kappa shape index (κ3) is 6.66. The molecule has 2 aliphatic rings. The maximum absolute atomic E-state index is 13.1. The number of hydrogen-bond acceptors (Lipinski definition) is 7. The highest BCUT2D eigenvalue weighted by atomic mass is 16.5. The van der Waals surface area contributed by atoms with E-state index in [1.807, 2.05) is 29.2 Å². The van der Waals surface area contributed by atoms with E-state index < -0.39 is 0 Å². The number of nitrogens with one attached hydrogen (secondary N) is 1. The molecule has 6 rings (SSSR count). The van der Waals surface area contributed by atoms with Gasteiger partial charge in [0.1, 0.15) is 11.3 Å². The lowest BCUT2D eigenvalue weighted by Crippen LogP contribution is -2.48. The molecule has 4 aromatic rings. The second kappa shape index (κ2) is 12.8. The van der Waals surface area contributed by atoms with Gasteiger partial charge in [0.05, 0.1) is 12.8 Å². The number of fused-ring (bicyclic) bond motifs is 1. The van der Waals surface area contributed by atoms with Crippen LogP contribution in [0.3, 0.4) is 0 Å². The first-order valence-electron chi connectivity index (χ1n) is 14.8. The summed E-state index contributed by atoms with van der Waals surface area (Å²) >= 11 is 0. The molecule has 0 unspecified atom stereocenters. The van der Waals surface area contributed by atoms with Crippen molar-refractivity contribution in [3.8, 4) is 5.75 Å². The first-order valence-corrected chi connectivity index (χ1v) is 14.8. The Kier molecular flexibility index (Phi) is 8.53. The van der Waals surface area contributed by atoms with Gasteiger partial charge >= 0.3 is 5.63 Å². The summed E-state index contributed by atoms with van der Waals surface area (Å²) in [5.41, 5.74) is 4.26. The molecule has 8 nitrogen and oxygen atoms in total. The fourth-order valence-electron chi connectivity index (χ4n) is 5.99. The Balaban J connectivity index is 0.982. The zero-order valence-corrected chi connectivity index (χ0v) is 24.1. The molecule has 2 aliphatic heterocycles. The van der Waals surface area contributed by atoms with Crippen molar-refractivity contribution in [2.24, 2.45) is 0 Å². The number of likely N-dealkylation sites (tertiary alicyclic amines) is 1. The normalized spacial score (nSPS) is 16.9. The summed E-state index contributed by atoms with van der Waals surface area (Å²) in [6.45, 7) is 7.00. The molecule has 0 aliphatic carbocycles. The lowest BCUT2D eigenvalue weighted by atomic mass is 10.0. The first-order chi connectivity index (χ1) is 20.5. The van der Waals surface area contributed by atoms with Gasteiger partial charge in [-0.2, -0.15) is 0 Å². The molecule has 42 heavy (non-hydrogen) atoms. The van der Waals surface area contributed by atoms with Crippen molar-refractivity contribution in [3.05, 3.63) is 106 Å². The van der Waals surface area contributed by atoms with Gasteiger partial charge in [0.25, 0.3) is 5.91 Å². The van der Waals surface area contributed by atoms with Crippen molar-refractivity contribution in [2.75, 3.05) is 51.7 Å². The minimum absolute atomic E-state index is 0.118. The number of carbonyl (C=O) groups is 1. The predicted molar refractivity (Wildman–Crippen MR) is 165 cm³/mol. The van der Waals surface area contributed by atoms with E-state index in [-0.39, 0.29) is 17.6 Å². The van der Waals surface area contributed by atoms with E-state index in [9.17, 15) is 9.59 Å². The molecule has 0 bridgehead atoms. The zero-order valence-electron chi connectivity index (χ0n) is 24.1. The molecule has 3 aromatic carbocycles. The van der Waals surface area contributed by atoms with Crippen LogP contribution in [0.2, 0.25) is 0 Å². The van der Waals surface area contributed by atoms with Gasteiger partial charge in [-0.3, -0.25) is 14.6 Å². The summed E-state index contributed by atoms with van der Waals surface area (Å²) in [6.07, 6.45) is 1.94. The molecule has 218 valence electrons. The Bertz CT molecular complexity index is 1550. The van der Waals surface area contributed by atoms with E-state index in [0.717, 1.165) is 87.6 Å². The van der Waals surface area contributed by atoms with Crippen molar-refractivity contribution < 1.29 is 13.9 Å². The van der Waals surface area contributed by atoms with Crippen LogP contribution in [-0.2, 0) is 13.1 Å². The van der Waals surface area contributed by atoms with Gasteiger partial charge < -0.3 is 19.4 Å². The SMILES string of the molecule is COc1ccc2oc(=O)cc(NC3CCN(Cc4ccc(C(=O)N5CCN(Cc6ccccc6)CC5)cc4)CC3)c2c1. The molecular formula is C34H38N4O4. The van der Waals surface area contributed by atoms with Crippen LogP contribution in [0.25, 0.3) is 11.0 Å². The van der Waals surface area contributed by atoms with Crippen LogP contribution < -0.4 is 15.7 Å². The molecule has 0 radical (unpaired) electrons. The van der Waals surface area contributed by atoms with Crippen molar-refractivity contribution >= 4 is 22.6 Å². The summed E-state index contributed by atoms with van der Waals surface area (Å²) in [5.74, 6) is 0.844. The number of piperidine rings is 1. The number of benzene rings is 3. The van der Waals surface area contributed by atoms with Crippen LogP contribution in [0.15, 0.2) is 88.1 Å². The molecule has 1 aromatic heterocycles. The van der Waals surface area contributed by atoms with Crippen LogP contribution in [0.5, 0.6) is 5.75 Å². The highest BCUT2D eigenvalue weighted by molar-refractivity contribution is 5.94. The summed E-state index contributed by atoms with van der Waals surface area (Å²) in [6, 6.07) is 25.9. The maximum atomic E-state index is 13.1. The van der Waals surface area contributed by atoms with Crippen LogP contribution in [0.4, 0.5) is 5.69 Å². The molecule has 8 heteroatoms. The van der Waals surface area contributed by atoms with Gasteiger partial charge in [0.15, 0.2) is 0 Å². The van der Waals surface area contributed by atoms with Crippen LogP contribution in [0, 0.1) is 0 Å². The summed E-state index contributed by atoms with van der Waals surface area (Å²) in [7, 11) is 1.63. The highest BCUT2D eigenvalue weighted by Crippen LogP contribution is 2.28. The van der Waals surface area contributed by atoms with Gasteiger partial charge in [0.2, 0.25) is 0 Å². The number of anilines is 1. The molecule has 0 saturated carbocycles. The number of rotatable bonds is 8. The third-order valence-corrected chi connectivity index (χ3v) is 8.41. The minimum atomic E-state index is -0.361. The predicted octanol–water partition coefficient (Wildman–Crippen LogP) is 4.84. The molecular weight excluding hydrogens is 528 g/mol. The molecule has 2 fully saturated rings. The largest absolute Gasteiger partial charge is 0.497 e. The molecule has 3 heterocycles. The van der Waals surface area contributed by atoms with Crippen molar-refractivity contribution in [1.29, 1.82) is 0 Å². The quantitative estimate of drug-likeness (QED) is 0.306. The second-order valence-corrected chi connectivity index (χ2v) is 11.3. The standard InChI is InChI=1S/C34H38N4O4/c1-41-29-11-12-32-30(21-29)31(22-33(39)42-32)35-28-13-15-36(16-14-28)24-26-7-9-27(10-8-26)34(40)38-19-17-37(18-20-38)23-25-5-3-2-4-6-25/h2-12,21-22,28,35H,13-20,23-24H2,1H3. The van der Waals surface area contributed by atoms with E-state index in [4.69, 9.17) is 9.15 Å². The molecule has 1 amide bonds. The van der Waals surface area contributed by atoms with E-state index >= 15 is 0 Å². The molecule has 1 N–H and O–H groups in total. The first kappa shape index (κ1) is 28.0. The highest BCUT2D eigenvalue weighted by Gasteiger charge is 2.23. The van der Waals surface area contributed by atoms with E-state index in [2.05, 4.69) is 51.5 Å². The minimum Gasteiger partial charge on any atom is -0.497 e. The van der Waals surface area contributed by atoms with E-state index in [1.165, 1.54) is 17.2 Å². The van der Waals surface area contributed by atoms with Crippen molar-refractivity contribution in [3.63, 3.8) is 0 Å². The van der Waals surface area contributed by atoms with Crippen molar-refractivity contribution in [2.45, 2.75) is 32.0 Å². The van der Waals surface area contributed by atoms with Crippen LogP contribution in [-0.4, -0.2) is 73.0 Å². The molecule has 0 atom stereocenters. The van der Waals surface area contributed by atoms with Crippen LogP contribution >= 0.6 is 0 Å². The van der Waals surface area contributed by atoms with Gasteiger partial charge in [0, 0.05) is 75.4 Å². The number of nitrogens with zero attached hydrogens (tertiary/aromatic N) is 3. The Morgan fingerprint density at radius 2 is 1.50 bits per heavy atom. The number of piperazine rings is 1. The number of hydrogen-bond donors (Lipinski definition) is 1. The smallest absolute Gasteiger partial charge is 0.338 e. The van der Waals surface area contributed by atoms with Gasteiger partial charge in [-0.05, 0) is 54.3 Å². The van der Waals surface area contributed by atoms with Crippen LogP contribution in [0.1, 0.15) is 34.3 Å². The average molecular weight is 567 g/mol. The Labute approximate surface area is 246 Å². The maximum Gasteiger partial charge on any atom is 0.338 e. The Hall–Kier alpha value is -4.14. The Morgan fingerprint density at radius 3 is 2.19 bits per heavy atom. The number of carbonyl (C=O) groups excluding carboxylic acids is 1. The number of ether oxygens (including phenoxy) is 1. The second-order valence-electron chi connectivity index (χ2n) is 11.3. The third-order valence-electron chi connectivity index (χ3n) is 8.41. The van der Waals surface area contributed by atoms with E-state index in [1.54, 1.807) is 19.2 Å². The lowest BCUT2D eigenvalue weighted by molar-refractivity contribution is 0.0628. The summed E-state index contributed by atoms with van der Waals surface area (Å²) in [4.78, 5) is 32.1. The fraction of sp³-hybridized carbons (Fsp3) is 0.353. The number of amides is 1. The van der Waals surface area contributed by atoms with Gasteiger partial charge in [-0.25, -0.2) is 4.79 Å². The Morgan fingerprint density at radius 1 is 0.833 bits per heavy atom. The topological polar surface area (TPSA) is 78.3 Å². The van der Waals surface area contributed by atoms with Gasteiger partial charge in [-0.1, -0.05) is 42.5 Å². The zero-order chi connectivity index (χ0) is 28.9. The fourth-order valence-corrected chi connectivity index (χ4v) is 5.99. The van der Waals surface area contributed by atoms with E-state index in [0.29, 0.717) is 5.58 Å². The van der Waals surface area contributed by atoms with Gasteiger partial charge in [-0.15, -0.1) is 0 Å². The summed E-state index contributed by atoms with van der Waals surface area (Å²) < 4.78 is 10.7. The molecule has 2 saturated heterocycles. The summed E-state index contributed by atoms with van der Waals surface area (Å²) in [5, 5.41) is 4.43.